The number of benzene rings is 2. The quantitative estimate of drug-likeness (QED) is 0.654. The van der Waals surface area contributed by atoms with Crippen molar-refractivity contribution in [3.8, 4) is 5.75 Å². The van der Waals surface area contributed by atoms with E-state index in [9.17, 15) is 4.79 Å². The van der Waals surface area contributed by atoms with Crippen molar-refractivity contribution in [3.63, 3.8) is 0 Å². The van der Waals surface area contributed by atoms with Gasteiger partial charge in [0.25, 0.3) is 0 Å². The highest BCUT2D eigenvalue weighted by Crippen LogP contribution is 2.47. The van der Waals surface area contributed by atoms with Crippen LogP contribution in [0.1, 0.15) is 31.4 Å². The summed E-state index contributed by atoms with van der Waals surface area (Å²) in [5, 5.41) is 3.11. The molecule has 7 heteroatoms. The molecule has 1 aromatic heterocycles. The van der Waals surface area contributed by atoms with Gasteiger partial charge in [0.15, 0.2) is 0 Å². The van der Waals surface area contributed by atoms with Crippen LogP contribution in [0.3, 0.4) is 0 Å². The number of ether oxygens (including phenoxy) is 1. The van der Waals surface area contributed by atoms with E-state index in [2.05, 4.69) is 47.8 Å². The van der Waals surface area contributed by atoms with Crippen molar-refractivity contribution in [2.45, 2.75) is 50.7 Å². The van der Waals surface area contributed by atoms with Gasteiger partial charge in [-0.25, -0.2) is 9.78 Å². The summed E-state index contributed by atoms with van der Waals surface area (Å²) in [6.45, 7) is 6.12. The molecule has 0 radical (unpaired) electrons. The molecule has 2 amide bonds. The van der Waals surface area contributed by atoms with Crippen molar-refractivity contribution in [1.29, 1.82) is 0 Å². The predicted octanol–water partition coefficient (Wildman–Crippen LogP) is 4.12. The van der Waals surface area contributed by atoms with Gasteiger partial charge in [-0.15, -0.1) is 0 Å². The molecular formula is C26H33N5O2. The highest BCUT2D eigenvalue weighted by molar-refractivity contribution is 5.90. The molecule has 2 aliphatic rings. The summed E-state index contributed by atoms with van der Waals surface area (Å²) in [4.78, 5) is 22.6. The van der Waals surface area contributed by atoms with Gasteiger partial charge in [-0.3, -0.25) is 5.32 Å². The van der Waals surface area contributed by atoms with Gasteiger partial charge in [0.1, 0.15) is 5.75 Å². The zero-order chi connectivity index (χ0) is 23.3. The molecule has 7 nitrogen and oxygen atoms in total. The average Bonchev–Trinajstić information content (AvgIpc) is 3.18. The number of amides is 2. The van der Waals surface area contributed by atoms with Crippen LogP contribution in [0.15, 0.2) is 42.5 Å². The van der Waals surface area contributed by atoms with Crippen LogP contribution in [0.2, 0.25) is 0 Å². The number of nitrogens with one attached hydrogen (secondary N) is 1. The minimum Gasteiger partial charge on any atom is -0.497 e. The lowest BCUT2D eigenvalue weighted by molar-refractivity contribution is 0.0213. The number of fused-ring (bicyclic) bond motifs is 5. The molecule has 1 saturated heterocycles. The molecule has 3 atom stereocenters. The van der Waals surface area contributed by atoms with Gasteiger partial charge in [0, 0.05) is 25.0 Å². The van der Waals surface area contributed by atoms with Gasteiger partial charge in [0.2, 0.25) is 5.95 Å². The monoisotopic (exact) mass is 447 g/mol. The molecule has 0 spiro atoms. The molecule has 1 aliphatic heterocycles. The first-order valence-corrected chi connectivity index (χ1v) is 11.7. The number of rotatable bonds is 4. The first-order valence-electron chi connectivity index (χ1n) is 11.7. The predicted molar refractivity (Wildman–Crippen MR) is 131 cm³/mol. The number of likely N-dealkylation sites (N-methyl/N-ethyl adjacent to an activating group) is 2. The van der Waals surface area contributed by atoms with Gasteiger partial charge >= 0.3 is 6.03 Å². The van der Waals surface area contributed by atoms with Crippen LogP contribution in [0, 0.1) is 0 Å². The molecular weight excluding hydrogens is 414 g/mol. The summed E-state index contributed by atoms with van der Waals surface area (Å²) in [5.41, 5.74) is 4.42. The number of aryl methyl sites for hydroxylation is 1. The van der Waals surface area contributed by atoms with Crippen LogP contribution in [-0.4, -0.2) is 65.2 Å². The fourth-order valence-electron chi connectivity index (χ4n) is 6.05. The molecule has 1 unspecified atom stereocenters. The van der Waals surface area contributed by atoms with E-state index in [0.29, 0.717) is 5.95 Å². The Bertz CT molecular complexity index is 1200. The smallest absolute Gasteiger partial charge is 0.324 e. The van der Waals surface area contributed by atoms with Crippen molar-refractivity contribution in [2.75, 3.05) is 33.1 Å². The first-order chi connectivity index (χ1) is 15.9. The Hall–Kier alpha value is -3.06. The number of hydrogen-bond donors (Lipinski definition) is 1. The topological polar surface area (TPSA) is 62.6 Å². The van der Waals surface area contributed by atoms with Crippen LogP contribution in [0.4, 0.5) is 10.7 Å². The van der Waals surface area contributed by atoms with Crippen LogP contribution in [0.5, 0.6) is 5.75 Å². The zero-order valence-electron chi connectivity index (χ0n) is 20.1. The Morgan fingerprint density at radius 3 is 2.85 bits per heavy atom. The number of urea groups is 1. The van der Waals surface area contributed by atoms with Gasteiger partial charge in [-0.05, 0) is 68.8 Å². The Kier molecular flexibility index (Phi) is 5.32. The average molecular weight is 448 g/mol. The van der Waals surface area contributed by atoms with E-state index in [1.54, 1.807) is 7.11 Å². The number of aromatic nitrogens is 2. The summed E-state index contributed by atoms with van der Waals surface area (Å²) >= 11 is 0. The maximum Gasteiger partial charge on any atom is 0.324 e. The van der Waals surface area contributed by atoms with Gasteiger partial charge < -0.3 is 19.1 Å². The standard InChI is InChI=1S/C26H33N5O2/c1-6-31-21-10-8-7-9-20(21)27-24(31)28-25(32)30(4)23-22-15-17-11-12-18(33-5)16-19(17)26(23,2)13-14-29(22)3/h7-12,16,22-23H,6,13-15H2,1-5H3,(H,27,28,32)/t22-,23+,26?/m1/s1. The Morgan fingerprint density at radius 2 is 2.09 bits per heavy atom. The summed E-state index contributed by atoms with van der Waals surface area (Å²) in [6.07, 6.45) is 1.90. The van der Waals surface area contributed by atoms with Gasteiger partial charge in [0.05, 0.1) is 24.2 Å². The van der Waals surface area contributed by atoms with E-state index < -0.39 is 0 Å². The summed E-state index contributed by atoms with van der Waals surface area (Å²) in [6, 6.07) is 14.6. The number of carbonyl (C=O) groups excluding carboxylic acids is 1. The van der Waals surface area contributed by atoms with Crippen LogP contribution >= 0.6 is 0 Å². The van der Waals surface area contributed by atoms with Gasteiger partial charge in [-0.1, -0.05) is 25.1 Å². The molecule has 2 bridgehead atoms. The van der Waals surface area contributed by atoms with Crippen LogP contribution < -0.4 is 10.1 Å². The van der Waals surface area contributed by atoms with Crippen molar-refractivity contribution in [2.24, 2.45) is 0 Å². The van der Waals surface area contributed by atoms with Gasteiger partial charge in [-0.2, -0.15) is 0 Å². The molecule has 33 heavy (non-hydrogen) atoms. The third-order valence-corrected chi connectivity index (χ3v) is 7.86. The minimum absolute atomic E-state index is 0.0373. The second-order valence-electron chi connectivity index (χ2n) is 9.60. The number of piperidine rings is 1. The largest absolute Gasteiger partial charge is 0.497 e. The van der Waals surface area contributed by atoms with E-state index in [-0.39, 0.29) is 23.5 Å². The Labute approximate surface area is 195 Å². The van der Waals surface area contributed by atoms with Crippen molar-refractivity contribution < 1.29 is 9.53 Å². The Balaban J connectivity index is 1.49. The lowest BCUT2D eigenvalue weighted by atomic mass is 9.61. The normalized spacial score (nSPS) is 24.4. The zero-order valence-corrected chi connectivity index (χ0v) is 20.1. The number of nitrogens with zero attached hydrogens (tertiary/aromatic N) is 4. The van der Waals surface area contributed by atoms with Crippen LogP contribution in [0.25, 0.3) is 11.0 Å². The second kappa shape index (κ2) is 8.06. The molecule has 2 heterocycles. The third kappa shape index (κ3) is 3.37. The number of para-hydroxylation sites is 2. The van der Waals surface area contributed by atoms with E-state index in [1.807, 2.05) is 42.3 Å². The number of anilines is 1. The molecule has 3 aromatic rings. The Morgan fingerprint density at radius 1 is 1.30 bits per heavy atom. The molecule has 1 aliphatic carbocycles. The van der Waals surface area contributed by atoms with Crippen molar-refractivity contribution in [1.82, 2.24) is 19.4 Å². The number of methoxy groups -OCH3 is 1. The van der Waals surface area contributed by atoms with Crippen molar-refractivity contribution in [3.05, 3.63) is 53.6 Å². The number of carbonyl (C=O) groups is 1. The highest BCUT2D eigenvalue weighted by Gasteiger charge is 2.52. The van der Waals surface area contributed by atoms with E-state index >= 15 is 0 Å². The summed E-state index contributed by atoms with van der Waals surface area (Å²) in [5.74, 6) is 1.46. The van der Waals surface area contributed by atoms with Crippen LogP contribution in [-0.2, 0) is 18.4 Å². The second-order valence-corrected chi connectivity index (χ2v) is 9.60. The summed E-state index contributed by atoms with van der Waals surface area (Å²) < 4.78 is 7.60. The molecule has 0 saturated carbocycles. The van der Waals surface area contributed by atoms with E-state index in [0.717, 1.165) is 42.7 Å². The number of likely N-dealkylation sites (tertiary alicyclic amines) is 1. The van der Waals surface area contributed by atoms with E-state index in [4.69, 9.17) is 9.72 Å². The summed E-state index contributed by atoms with van der Waals surface area (Å²) in [7, 11) is 5.81. The number of hydrogen-bond acceptors (Lipinski definition) is 4. The first kappa shape index (κ1) is 21.8. The number of imidazole rings is 1. The molecule has 1 fully saturated rings. The SMILES string of the molecule is CCn1c(NC(=O)N(C)[C@H]2[C@H]3Cc4ccc(OC)cc4C2(C)CCN3C)nc2ccccc21. The third-order valence-electron chi connectivity index (χ3n) is 7.86. The molecule has 2 aromatic carbocycles. The lowest BCUT2D eigenvalue weighted by Crippen LogP contribution is -2.67. The maximum atomic E-state index is 13.6. The lowest BCUT2D eigenvalue weighted by Gasteiger charge is -2.57. The molecule has 1 N–H and O–H groups in total. The molecule has 5 rings (SSSR count). The minimum atomic E-state index is -0.156. The van der Waals surface area contributed by atoms with E-state index in [1.165, 1.54) is 11.1 Å². The fourth-order valence-corrected chi connectivity index (χ4v) is 6.05. The highest BCUT2D eigenvalue weighted by atomic mass is 16.5. The molecule has 174 valence electrons. The fraction of sp³-hybridized carbons (Fsp3) is 0.462. The maximum absolute atomic E-state index is 13.6. The van der Waals surface area contributed by atoms with Crippen molar-refractivity contribution >= 4 is 23.0 Å².